The molecule has 38 heavy (non-hydrogen) atoms. The van der Waals surface area contributed by atoms with Gasteiger partial charge in [-0.25, -0.2) is 22.4 Å². The van der Waals surface area contributed by atoms with Gasteiger partial charge in [0.2, 0.25) is 0 Å². The van der Waals surface area contributed by atoms with Crippen molar-refractivity contribution >= 4 is 17.6 Å². The monoisotopic (exact) mass is 539 g/mol. The summed E-state index contributed by atoms with van der Waals surface area (Å²) in [7, 11) is 1.43. The van der Waals surface area contributed by atoms with Crippen LogP contribution in [0.25, 0.3) is 0 Å². The molecule has 0 bridgehead atoms. The van der Waals surface area contributed by atoms with E-state index in [0.717, 1.165) is 17.0 Å². The smallest absolute Gasteiger partial charge is 0.348 e. The minimum atomic E-state index is -4.88. The van der Waals surface area contributed by atoms with E-state index in [2.05, 4.69) is 5.32 Å². The molecule has 3 aromatic rings. The van der Waals surface area contributed by atoms with Gasteiger partial charge in [-0.3, -0.25) is 9.69 Å². The van der Waals surface area contributed by atoms with Crippen molar-refractivity contribution in [2.75, 3.05) is 11.9 Å². The summed E-state index contributed by atoms with van der Waals surface area (Å²) in [5.74, 6) is -5.51. The first-order valence-electron chi connectivity index (χ1n) is 11.2. The van der Waals surface area contributed by atoms with E-state index >= 15 is 0 Å². The van der Waals surface area contributed by atoms with E-state index in [1.807, 2.05) is 0 Å². The Morgan fingerprint density at radius 1 is 0.947 bits per heavy atom. The van der Waals surface area contributed by atoms with Gasteiger partial charge in [0, 0.05) is 42.4 Å². The average Bonchev–Trinajstić information content (AvgIpc) is 2.84. The number of alkyl halides is 3. The maximum atomic E-state index is 14.6. The van der Waals surface area contributed by atoms with Gasteiger partial charge in [0.15, 0.2) is 0 Å². The number of benzene rings is 3. The summed E-state index contributed by atoms with van der Waals surface area (Å²) in [5, 5.41) is 2.29. The van der Waals surface area contributed by atoms with Gasteiger partial charge < -0.3 is 10.2 Å². The Kier molecular flexibility index (Phi) is 7.09. The second kappa shape index (κ2) is 9.99. The van der Waals surface area contributed by atoms with Crippen LogP contribution in [0.5, 0.6) is 0 Å². The Morgan fingerprint density at radius 3 is 2.24 bits per heavy atom. The number of anilines is 1. The number of urea groups is 1. The van der Waals surface area contributed by atoms with Crippen molar-refractivity contribution in [2.24, 2.45) is 0 Å². The van der Waals surface area contributed by atoms with Crippen LogP contribution in [-0.2, 0) is 19.3 Å². The van der Waals surface area contributed by atoms with Crippen LogP contribution in [0.1, 0.15) is 45.6 Å². The van der Waals surface area contributed by atoms with Crippen molar-refractivity contribution in [1.29, 1.82) is 0 Å². The fourth-order valence-electron chi connectivity index (χ4n) is 4.25. The highest BCUT2D eigenvalue weighted by molar-refractivity contribution is 5.99. The number of carbonyl (C=O) groups is 2. The standard InChI is InChI=1S/C26H20F7N3O2/c1-13-16-7-6-14(24(37)34-11-17-21(29)9-15(27)10-22(17)30)8-23(16)36(25(38)35(13)2)12-18-19(26(31,32)33)4-3-5-20(18)28/h3-10,13H,11-12H2,1-2H3,(H,34,37)/t13-/m0/s1. The van der Waals surface area contributed by atoms with Crippen LogP contribution < -0.4 is 10.2 Å². The topological polar surface area (TPSA) is 52.7 Å². The highest BCUT2D eigenvalue weighted by Gasteiger charge is 2.38. The first-order valence-corrected chi connectivity index (χ1v) is 11.2. The molecule has 1 N–H and O–H groups in total. The van der Waals surface area contributed by atoms with E-state index in [1.54, 1.807) is 6.92 Å². The van der Waals surface area contributed by atoms with Gasteiger partial charge in [0.05, 0.1) is 23.8 Å². The number of nitrogens with zero attached hydrogens (tertiary/aromatic N) is 2. The molecule has 0 spiro atoms. The van der Waals surface area contributed by atoms with Crippen LogP contribution in [0.3, 0.4) is 0 Å². The minimum absolute atomic E-state index is 0.0729. The molecular formula is C26H20F7N3O2. The molecule has 0 saturated heterocycles. The van der Waals surface area contributed by atoms with E-state index in [0.29, 0.717) is 23.8 Å². The van der Waals surface area contributed by atoms with E-state index in [9.17, 15) is 40.3 Å². The summed E-state index contributed by atoms with van der Waals surface area (Å²) in [6.45, 7) is 0.263. The van der Waals surface area contributed by atoms with Gasteiger partial charge in [0.1, 0.15) is 23.3 Å². The molecule has 0 radical (unpaired) electrons. The molecule has 0 aliphatic carbocycles. The van der Waals surface area contributed by atoms with Crippen LogP contribution in [0.15, 0.2) is 48.5 Å². The zero-order valence-corrected chi connectivity index (χ0v) is 20.0. The molecule has 1 aliphatic heterocycles. The molecule has 12 heteroatoms. The summed E-state index contributed by atoms with van der Waals surface area (Å²) < 4.78 is 96.3. The second-order valence-electron chi connectivity index (χ2n) is 8.72. The number of hydrogen-bond acceptors (Lipinski definition) is 2. The van der Waals surface area contributed by atoms with Gasteiger partial charge in [-0.2, -0.15) is 13.2 Å². The van der Waals surface area contributed by atoms with Crippen LogP contribution in [0.4, 0.5) is 41.2 Å². The van der Waals surface area contributed by atoms with E-state index in [4.69, 9.17) is 0 Å². The van der Waals surface area contributed by atoms with Crippen molar-refractivity contribution < 1.29 is 40.3 Å². The van der Waals surface area contributed by atoms with Gasteiger partial charge in [-0.05, 0) is 36.8 Å². The minimum Gasteiger partial charge on any atom is -0.348 e. The highest BCUT2D eigenvalue weighted by atomic mass is 19.4. The lowest BCUT2D eigenvalue weighted by atomic mass is 9.97. The highest BCUT2D eigenvalue weighted by Crippen LogP contribution is 2.39. The maximum Gasteiger partial charge on any atom is 0.416 e. The lowest BCUT2D eigenvalue weighted by Gasteiger charge is -2.40. The van der Waals surface area contributed by atoms with E-state index in [1.165, 1.54) is 30.1 Å². The predicted octanol–water partition coefficient (Wildman–Crippen LogP) is 6.32. The summed E-state index contributed by atoms with van der Waals surface area (Å²) >= 11 is 0. The molecule has 3 amide bonds. The summed E-state index contributed by atoms with van der Waals surface area (Å²) in [6.07, 6.45) is -4.88. The molecule has 1 aliphatic rings. The number of rotatable bonds is 5. The largest absolute Gasteiger partial charge is 0.416 e. The number of halogens is 7. The van der Waals surface area contributed by atoms with Gasteiger partial charge in [0.25, 0.3) is 5.91 Å². The lowest BCUT2D eigenvalue weighted by Crippen LogP contribution is -2.47. The molecule has 200 valence electrons. The number of amides is 3. The van der Waals surface area contributed by atoms with Crippen LogP contribution >= 0.6 is 0 Å². The Hall–Kier alpha value is -4.09. The van der Waals surface area contributed by atoms with Crippen molar-refractivity contribution in [1.82, 2.24) is 10.2 Å². The van der Waals surface area contributed by atoms with Gasteiger partial charge in [-0.1, -0.05) is 12.1 Å². The zero-order valence-electron chi connectivity index (χ0n) is 20.0. The quantitative estimate of drug-likeness (QED) is 0.386. The van der Waals surface area contributed by atoms with Crippen molar-refractivity contribution in [2.45, 2.75) is 32.2 Å². The molecule has 0 unspecified atom stereocenters. The Morgan fingerprint density at radius 2 is 1.61 bits per heavy atom. The molecule has 1 atom stereocenters. The van der Waals surface area contributed by atoms with Crippen molar-refractivity contribution in [3.8, 4) is 0 Å². The number of hydrogen-bond donors (Lipinski definition) is 1. The summed E-state index contributed by atoms with van der Waals surface area (Å²) in [6, 6.07) is 6.22. The zero-order chi connectivity index (χ0) is 27.9. The number of nitrogens with one attached hydrogen (secondary N) is 1. The molecule has 1 heterocycles. The first-order chi connectivity index (χ1) is 17.8. The third-order valence-electron chi connectivity index (χ3n) is 6.42. The van der Waals surface area contributed by atoms with E-state index < -0.39 is 77.2 Å². The fraction of sp³-hybridized carbons (Fsp3) is 0.231. The molecule has 5 nitrogen and oxygen atoms in total. The Balaban J connectivity index is 1.69. The summed E-state index contributed by atoms with van der Waals surface area (Å²) in [5.41, 5.74) is -2.10. The molecule has 3 aromatic carbocycles. The van der Waals surface area contributed by atoms with Crippen LogP contribution in [0, 0.1) is 23.3 Å². The fourth-order valence-corrected chi connectivity index (χ4v) is 4.25. The van der Waals surface area contributed by atoms with Crippen LogP contribution in [-0.4, -0.2) is 23.9 Å². The normalized spacial score (nSPS) is 15.5. The molecule has 0 saturated carbocycles. The number of carbonyl (C=O) groups excluding carboxylic acids is 2. The van der Waals surface area contributed by atoms with Gasteiger partial charge >= 0.3 is 12.2 Å². The molecular weight excluding hydrogens is 519 g/mol. The van der Waals surface area contributed by atoms with Gasteiger partial charge in [-0.15, -0.1) is 0 Å². The van der Waals surface area contributed by atoms with Crippen molar-refractivity contribution in [3.63, 3.8) is 0 Å². The Bertz CT molecular complexity index is 1400. The maximum absolute atomic E-state index is 14.6. The van der Waals surface area contributed by atoms with Crippen LogP contribution in [0.2, 0.25) is 0 Å². The molecule has 4 rings (SSSR count). The van der Waals surface area contributed by atoms with E-state index in [-0.39, 0.29) is 11.3 Å². The average molecular weight is 539 g/mol. The lowest BCUT2D eigenvalue weighted by molar-refractivity contribution is -0.138. The third kappa shape index (κ3) is 5.02. The first kappa shape index (κ1) is 27.0. The summed E-state index contributed by atoms with van der Waals surface area (Å²) in [4.78, 5) is 28.1. The predicted molar refractivity (Wildman–Crippen MR) is 123 cm³/mol. The number of fused-ring (bicyclic) bond motifs is 1. The SMILES string of the molecule is C[C@H]1c2ccc(C(=O)NCc3c(F)cc(F)cc3F)cc2N(Cc2c(F)cccc2C(F)(F)F)C(=O)N1C. The Labute approximate surface area is 212 Å². The third-order valence-corrected chi connectivity index (χ3v) is 6.42. The molecule has 0 aromatic heterocycles. The second-order valence-corrected chi connectivity index (χ2v) is 8.72. The van der Waals surface area contributed by atoms with Crippen molar-refractivity contribution in [3.05, 3.63) is 99.6 Å². The molecule has 0 fully saturated rings.